The van der Waals surface area contributed by atoms with Crippen molar-refractivity contribution < 1.29 is 9.90 Å². The van der Waals surface area contributed by atoms with E-state index in [9.17, 15) is 4.79 Å². The fraction of sp³-hybridized carbons (Fsp3) is 0.500. The molecule has 0 fully saturated rings. The molecule has 0 aromatic carbocycles. The van der Waals surface area contributed by atoms with E-state index in [0.29, 0.717) is 4.88 Å². The number of carbonyl (C=O) groups excluding carboxylic acids is 1. The SMILES string of the molecule is CC(C)C(CO)NC(=O)c1sccc1Br. The largest absolute Gasteiger partial charge is 0.394 e. The Morgan fingerprint density at radius 3 is 2.73 bits per heavy atom. The normalized spacial score (nSPS) is 12.9. The van der Waals surface area contributed by atoms with Gasteiger partial charge in [-0.3, -0.25) is 4.79 Å². The smallest absolute Gasteiger partial charge is 0.262 e. The van der Waals surface area contributed by atoms with E-state index in [1.54, 1.807) is 0 Å². The zero-order valence-corrected chi connectivity index (χ0v) is 11.1. The van der Waals surface area contributed by atoms with Crippen molar-refractivity contribution in [2.75, 3.05) is 6.61 Å². The Bertz CT molecular complexity index is 338. The molecular weight excluding hydrogens is 278 g/mol. The standard InChI is InChI=1S/C10H14BrNO2S/c1-6(2)8(5-13)12-10(14)9-7(11)3-4-15-9/h3-4,6,8,13H,5H2,1-2H3,(H,12,14). The molecule has 0 saturated heterocycles. The third kappa shape index (κ3) is 3.29. The van der Waals surface area contributed by atoms with Crippen molar-refractivity contribution in [3.05, 3.63) is 20.8 Å². The molecule has 0 aliphatic heterocycles. The Balaban J connectivity index is 2.67. The predicted molar refractivity (Wildman–Crippen MR) is 65.2 cm³/mol. The van der Waals surface area contributed by atoms with Crippen molar-refractivity contribution in [2.45, 2.75) is 19.9 Å². The highest BCUT2D eigenvalue weighted by atomic mass is 79.9. The van der Waals surface area contributed by atoms with Gasteiger partial charge in [0, 0.05) is 4.47 Å². The minimum Gasteiger partial charge on any atom is -0.394 e. The van der Waals surface area contributed by atoms with Gasteiger partial charge in [-0.15, -0.1) is 11.3 Å². The molecule has 1 aromatic rings. The fourth-order valence-corrected chi connectivity index (χ4v) is 2.57. The van der Waals surface area contributed by atoms with Crippen LogP contribution in [0.15, 0.2) is 15.9 Å². The molecule has 0 saturated carbocycles. The maximum absolute atomic E-state index is 11.8. The summed E-state index contributed by atoms with van der Waals surface area (Å²) in [6.45, 7) is 3.89. The lowest BCUT2D eigenvalue weighted by Gasteiger charge is -2.19. The molecule has 0 radical (unpaired) electrons. The molecule has 84 valence electrons. The summed E-state index contributed by atoms with van der Waals surface area (Å²) in [7, 11) is 0. The average Bonchev–Trinajstić information content (AvgIpc) is 2.60. The topological polar surface area (TPSA) is 49.3 Å². The monoisotopic (exact) mass is 291 g/mol. The molecule has 15 heavy (non-hydrogen) atoms. The summed E-state index contributed by atoms with van der Waals surface area (Å²) in [5, 5.41) is 13.7. The van der Waals surface area contributed by atoms with Gasteiger partial charge in [0.1, 0.15) is 4.88 Å². The Morgan fingerprint density at radius 2 is 2.33 bits per heavy atom. The van der Waals surface area contributed by atoms with Gasteiger partial charge in [-0.25, -0.2) is 0 Å². The molecule has 3 nitrogen and oxygen atoms in total. The molecule has 1 rings (SSSR count). The number of hydrogen-bond donors (Lipinski definition) is 2. The number of aliphatic hydroxyl groups is 1. The van der Waals surface area contributed by atoms with Crippen LogP contribution in [0.5, 0.6) is 0 Å². The van der Waals surface area contributed by atoms with Crippen LogP contribution in [0.3, 0.4) is 0 Å². The number of halogens is 1. The molecule has 0 bridgehead atoms. The summed E-state index contributed by atoms with van der Waals surface area (Å²) in [5.74, 6) is 0.0855. The van der Waals surface area contributed by atoms with E-state index in [0.717, 1.165) is 4.47 Å². The van der Waals surface area contributed by atoms with Crippen molar-refractivity contribution in [2.24, 2.45) is 5.92 Å². The van der Waals surface area contributed by atoms with E-state index in [1.807, 2.05) is 25.3 Å². The molecule has 0 aliphatic rings. The lowest BCUT2D eigenvalue weighted by molar-refractivity contribution is 0.0900. The maximum Gasteiger partial charge on any atom is 0.262 e. The van der Waals surface area contributed by atoms with Gasteiger partial charge >= 0.3 is 0 Å². The van der Waals surface area contributed by atoms with Gasteiger partial charge in [0.2, 0.25) is 0 Å². The average molecular weight is 292 g/mol. The molecule has 1 unspecified atom stereocenters. The highest BCUT2D eigenvalue weighted by Gasteiger charge is 2.18. The Labute approximate surface area is 102 Å². The third-order valence-electron chi connectivity index (χ3n) is 2.14. The van der Waals surface area contributed by atoms with Gasteiger partial charge < -0.3 is 10.4 Å². The minimum atomic E-state index is -0.188. The molecule has 5 heteroatoms. The molecule has 1 aromatic heterocycles. The van der Waals surface area contributed by atoms with Crippen LogP contribution in [0.2, 0.25) is 0 Å². The molecule has 1 heterocycles. The van der Waals surface area contributed by atoms with Crippen molar-refractivity contribution in [1.82, 2.24) is 5.32 Å². The van der Waals surface area contributed by atoms with Gasteiger partial charge in [0.25, 0.3) is 5.91 Å². The zero-order chi connectivity index (χ0) is 11.4. The van der Waals surface area contributed by atoms with E-state index >= 15 is 0 Å². The van der Waals surface area contributed by atoms with Gasteiger partial charge in [0.05, 0.1) is 12.6 Å². The number of aliphatic hydroxyl groups excluding tert-OH is 1. The predicted octanol–water partition coefficient (Wildman–Crippen LogP) is 2.26. The van der Waals surface area contributed by atoms with E-state index in [-0.39, 0.29) is 24.5 Å². The molecule has 1 atom stereocenters. The van der Waals surface area contributed by atoms with Crippen molar-refractivity contribution in [1.29, 1.82) is 0 Å². The Kier molecular flexibility index (Phi) is 4.76. The first-order valence-corrected chi connectivity index (χ1v) is 6.38. The Hall–Kier alpha value is -0.390. The van der Waals surface area contributed by atoms with Crippen LogP contribution in [0.25, 0.3) is 0 Å². The number of amides is 1. The summed E-state index contributed by atoms with van der Waals surface area (Å²) >= 11 is 4.68. The number of hydrogen-bond acceptors (Lipinski definition) is 3. The molecule has 2 N–H and O–H groups in total. The van der Waals surface area contributed by atoms with Gasteiger partial charge in [0.15, 0.2) is 0 Å². The summed E-state index contributed by atoms with van der Waals surface area (Å²) in [6.07, 6.45) is 0. The van der Waals surface area contributed by atoms with E-state index in [1.165, 1.54) is 11.3 Å². The van der Waals surface area contributed by atoms with E-state index < -0.39 is 0 Å². The van der Waals surface area contributed by atoms with Gasteiger partial charge in [-0.05, 0) is 33.3 Å². The fourth-order valence-electron chi connectivity index (χ4n) is 1.11. The molecule has 1 amide bonds. The van der Waals surface area contributed by atoms with Gasteiger partial charge in [-0.2, -0.15) is 0 Å². The summed E-state index contributed by atoms with van der Waals surface area (Å²) in [6, 6.07) is 1.65. The number of thiophene rings is 1. The van der Waals surface area contributed by atoms with Crippen molar-refractivity contribution in [3.63, 3.8) is 0 Å². The maximum atomic E-state index is 11.8. The van der Waals surface area contributed by atoms with Crippen LogP contribution in [-0.4, -0.2) is 23.7 Å². The second-order valence-electron chi connectivity index (χ2n) is 3.60. The lowest BCUT2D eigenvalue weighted by Crippen LogP contribution is -2.40. The van der Waals surface area contributed by atoms with Crippen molar-refractivity contribution in [3.8, 4) is 0 Å². The highest BCUT2D eigenvalue weighted by molar-refractivity contribution is 9.10. The van der Waals surface area contributed by atoms with E-state index in [4.69, 9.17) is 5.11 Å². The first-order valence-electron chi connectivity index (χ1n) is 4.71. The summed E-state index contributed by atoms with van der Waals surface area (Å²) < 4.78 is 0.797. The van der Waals surface area contributed by atoms with Crippen LogP contribution < -0.4 is 5.32 Å². The number of nitrogens with one attached hydrogen (secondary N) is 1. The number of carbonyl (C=O) groups is 1. The quantitative estimate of drug-likeness (QED) is 0.894. The first kappa shape index (κ1) is 12.7. The minimum absolute atomic E-state index is 0.0353. The summed E-state index contributed by atoms with van der Waals surface area (Å²) in [4.78, 5) is 12.4. The van der Waals surface area contributed by atoms with Crippen LogP contribution in [0.4, 0.5) is 0 Å². The third-order valence-corrected chi connectivity index (χ3v) is 3.98. The van der Waals surface area contributed by atoms with Crippen LogP contribution in [0.1, 0.15) is 23.5 Å². The first-order chi connectivity index (χ1) is 7.06. The number of rotatable bonds is 4. The second kappa shape index (κ2) is 5.63. The lowest BCUT2D eigenvalue weighted by atomic mass is 10.1. The second-order valence-corrected chi connectivity index (χ2v) is 5.37. The van der Waals surface area contributed by atoms with Crippen molar-refractivity contribution >= 4 is 33.2 Å². The van der Waals surface area contributed by atoms with Crippen LogP contribution in [0, 0.1) is 5.92 Å². The van der Waals surface area contributed by atoms with Gasteiger partial charge in [-0.1, -0.05) is 13.8 Å². The highest BCUT2D eigenvalue weighted by Crippen LogP contribution is 2.22. The Morgan fingerprint density at radius 1 is 1.67 bits per heavy atom. The molecule has 0 spiro atoms. The molecule has 0 aliphatic carbocycles. The summed E-state index contributed by atoms with van der Waals surface area (Å²) in [5.41, 5.74) is 0. The van der Waals surface area contributed by atoms with Crippen LogP contribution >= 0.6 is 27.3 Å². The molecular formula is C10H14BrNO2S. The zero-order valence-electron chi connectivity index (χ0n) is 8.66. The van der Waals surface area contributed by atoms with Crippen LogP contribution in [-0.2, 0) is 0 Å². The van der Waals surface area contributed by atoms with E-state index in [2.05, 4.69) is 21.2 Å².